The van der Waals surface area contributed by atoms with Crippen molar-refractivity contribution < 1.29 is 23.0 Å². The van der Waals surface area contributed by atoms with Gasteiger partial charge >= 0.3 is 6.36 Å². The average molecular weight is 363 g/mol. The van der Waals surface area contributed by atoms with E-state index >= 15 is 0 Å². The number of piperazine rings is 1. The van der Waals surface area contributed by atoms with Crippen molar-refractivity contribution in [3.05, 3.63) is 23.8 Å². The highest BCUT2D eigenvalue weighted by atomic mass is 35.5. The zero-order valence-electron chi connectivity index (χ0n) is 11.9. The lowest BCUT2D eigenvalue weighted by molar-refractivity contribution is -0.274. The molecule has 0 saturated carbocycles. The molecule has 4 nitrogen and oxygen atoms in total. The fraction of sp³-hybridized carbons (Fsp3) is 0.538. The Balaban J connectivity index is 0.00000220. The number of phenols is 1. The predicted octanol–water partition coefficient (Wildman–Crippen LogP) is 3.10. The normalized spacial score (nSPS) is 17.1. The number of benzene rings is 1. The number of rotatable bonds is 3. The van der Waals surface area contributed by atoms with Gasteiger partial charge < -0.3 is 15.2 Å². The first-order chi connectivity index (χ1) is 9.37. The van der Waals surface area contributed by atoms with Gasteiger partial charge in [0.05, 0.1) is 0 Å². The van der Waals surface area contributed by atoms with Crippen LogP contribution in [0.3, 0.4) is 0 Å². The third-order valence-corrected chi connectivity index (χ3v) is 3.38. The molecule has 1 aliphatic rings. The highest BCUT2D eigenvalue weighted by Gasteiger charge is 2.31. The summed E-state index contributed by atoms with van der Waals surface area (Å²) in [4.78, 5) is 2.10. The van der Waals surface area contributed by atoms with Gasteiger partial charge in [0, 0.05) is 37.8 Å². The minimum absolute atomic E-state index is 0. The number of hydrogen-bond donors (Lipinski definition) is 2. The van der Waals surface area contributed by atoms with Crippen molar-refractivity contribution in [2.45, 2.75) is 19.3 Å². The maximum Gasteiger partial charge on any atom is 0.573 e. The first-order valence-corrected chi connectivity index (χ1v) is 6.40. The molecule has 0 bridgehead atoms. The molecule has 9 heteroatoms. The van der Waals surface area contributed by atoms with Crippen molar-refractivity contribution >= 4 is 24.8 Å². The van der Waals surface area contributed by atoms with Crippen LogP contribution in [0, 0.1) is 0 Å². The molecule has 1 atom stereocenters. The van der Waals surface area contributed by atoms with Crippen molar-refractivity contribution in [3.63, 3.8) is 0 Å². The third-order valence-electron chi connectivity index (χ3n) is 3.38. The molecule has 1 aliphatic heterocycles. The van der Waals surface area contributed by atoms with E-state index in [-0.39, 0.29) is 42.4 Å². The summed E-state index contributed by atoms with van der Waals surface area (Å²) in [6, 6.07) is 3.41. The molecule has 0 aromatic heterocycles. The van der Waals surface area contributed by atoms with Crippen LogP contribution in [0.1, 0.15) is 18.5 Å². The van der Waals surface area contributed by atoms with Gasteiger partial charge in [-0.3, -0.25) is 4.90 Å². The maximum atomic E-state index is 12.2. The van der Waals surface area contributed by atoms with Gasteiger partial charge in [0.1, 0.15) is 11.5 Å². The van der Waals surface area contributed by atoms with E-state index in [0.717, 1.165) is 32.2 Å². The Hall–Kier alpha value is -0.890. The minimum atomic E-state index is -4.73. The Morgan fingerprint density at radius 3 is 2.36 bits per heavy atom. The van der Waals surface area contributed by atoms with Crippen LogP contribution in [0.15, 0.2) is 18.2 Å². The van der Waals surface area contributed by atoms with E-state index in [9.17, 15) is 18.3 Å². The van der Waals surface area contributed by atoms with Gasteiger partial charge in [-0.1, -0.05) is 0 Å². The smallest absolute Gasteiger partial charge is 0.508 e. The highest BCUT2D eigenvalue weighted by molar-refractivity contribution is 5.85. The minimum Gasteiger partial charge on any atom is -0.508 e. The summed E-state index contributed by atoms with van der Waals surface area (Å²) in [5, 5.41) is 13.1. The summed E-state index contributed by atoms with van der Waals surface area (Å²) >= 11 is 0. The monoisotopic (exact) mass is 362 g/mol. The summed E-state index contributed by atoms with van der Waals surface area (Å²) in [5.74, 6) is -0.335. The fourth-order valence-corrected chi connectivity index (χ4v) is 2.33. The molecule has 128 valence electrons. The van der Waals surface area contributed by atoms with Crippen LogP contribution in [0.2, 0.25) is 0 Å². The summed E-state index contributed by atoms with van der Waals surface area (Å²) in [5.41, 5.74) is 0.439. The molecule has 0 unspecified atom stereocenters. The van der Waals surface area contributed by atoms with Crippen LogP contribution >= 0.6 is 24.8 Å². The van der Waals surface area contributed by atoms with Crippen molar-refractivity contribution in [1.29, 1.82) is 0 Å². The Bertz CT molecular complexity index is 469. The molecular formula is C13H19Cl2F3N2O2. The molecule has 1 saturated heterocycles. The molecule has 22 heavy (non-hydrogen) atoms. The highest BCUT2D eigenvalue weighted by Crippen LogP contribution is 2.33. The van der Waals surface area contributed by atoms with Gasteiger partial charge in [-0.25, -0.2) is 0 Å². The number of nitrogens with one attached hydrogen (secondary N) is 1. The zero-order chi connectivity index (χ0) is 14.8. The molecule has 1 fully saturated rings. The predicted molar refractivity (Wildman–Crippen MR) is 82.1 cm³/mol. The zero-order valence-corrected chi connectivity index (χ0v) is 13.5. The van der Waals surface area contributed by atoms with E-state index in [1.165, 1.54) is 12.1 Å². The van der Waals surface area contributed by atoms with Crippen molar-refractivity contribution in [2.75, 3.05) is 26.2 Å². The van der Waals surface area contributed by atoms with Crippen LogP contribution in [0.25, 0.3) is 0 Å². The van der Waals surface area contributed by atoms with Gasteiger partial charge in [0.2, 0.25) is 0 Å². The summed E-state index contributed by atoms with van der Waals surface area (Å²) in [6.07, 6.45) is -4.73. The molecule has 0 spiro atoms. The molecular weight excluding hydrogens is 344 g/mol. The molecule has 2 N–H and O–H groups in total. The van der Waals surface area contributed by atoms with Gasteiger partial charge in [-0.2, -0.15) is 0 Å². The second-order valence-corrected chi connectivity index (χ2v) is 4.73. The van der Waals surface area contributed by atoms with E-state index in [2.05, 4.69) is 15.0 Å². The molecule has 0 aliphatic carbocycles. The van der Waals surface area contributed by atoms with E-state index in [1.807, 2.05) is 6.92 Å². The molecule has 0 amide bonds. The van der Waals surface area contributed by atoms with Gasteiger partial charge in [0.25, 0.3) is 0 Å². The average Bonchev–Trinajstić information content (AvgIpc) is 2.40. The Labute approximate surface area is 139 Å². The molecule has 0 radical (unpaired) electrons. The number of halogens is 5. The van der Waals surface area contributed by atoms with Crippen LogP contribution in [-0.2, 0) is 0 Å². The van der Waals surface area contributed by atoms with Crippen molar-refractivity contribution in [1.82, 2.24) is 10.2 Å². The lowest BCUT2D eigenvalue weighted by Crippen LogP contribution is -2.44. The number of alkyl halides is 3. The van der Waals surface area contributed by atoms with Crippen molar-refractivity contribution in [3.8, 4) is 11.5 Å². The lowest BCUT2D eigenvalue weighted by atomic mass is 10.0. The summed E-state index contributed by atoms with van der Waals surface area (Å²) < 4.78 is 40.6. The van der Waals surface area contributed by atoms with E-state index in [4.69, 9.17) is 0 Å². The summed E-state index contributed by atoms with van der Waals surface area (Å²) in [6.45, 7) is 5.07. The second kappa shape index (κ2) is 8.67. The molecule has 1 aromatic carbocycles. The Kier molecular flexibility index (Phi) is 8.32. The summed E-state index contributed by atoms with van der Waals surface area (Å²) in [7, 11) is 0. The fourth-order valence-electron chi connectivity index (χ4n) is 2.33. The number of ether oxygens (including phenoxy) is 1. The largest absolute Gasteiger partial charge is 0.573 e. The van der Waals surface area contributed by atoms with Crippen LogP contribution in [0.5, 0.6) is 11.5 Å². The first-order valence-electron chi connectivity index (χ1n) is 6.40. The number of phenolic OH excluding ortho intramolecular Hbond substituents is 1. The third kappa shape index (κ3) is 5.72. The second-order valence-electron chi connectivity index (χ2n) is 4.73. The van der Waals surface area contributed by atoms with Gasteiger partial charge in [-0.15, -0.1) is 38.0 Å². The number of nitrogens with zero attached hydrogens (tertiary/aromatic N) is 1. The standard InChI is InChI=1S/C13H17F3N2O2.2ClH/c1-9(18-6-4-17-5-7-18)11-8-10(2-3-12(11)19)20-13(14,15)16;;/h2-3,8-9,17,19H,4-7H2,1H3;2*1H/t9-;;/m0../s1. The first kappa shape index (κ1) is 21.1. The van der Waals surface area contributed by atoms with Crippen LogP contribution in [-0.4, -0.2) is 42.5 Å². The topological polar surface area (TPSA) is 44.7 Å². The van der Waals surface area contributed by atoms with E-state index in [1.54, 1.807) is 0 Å². The number of aromatic hydroxyl groups is 1. The molecule has 2 rings (SSSR count). The van der Waals surface area contributed by atoms with Crippen LogP contribution < -0.4 is 10.1 Å². The lowest BCUT2D eigenvalue weighted by Gasteiger charge is -2.33. The molecule has 1 aromatic rings. The number of hydrogen-bond acceptors (Lipinski definition) is 4. The van der Waals surface area contributed by atoms with Crippen molar-refractivity contribution in [2.24, 2.45) is 0 Å². The van der Waals surface area contributed by atoms with Gasteiger partial charge in [-0.05, 0) is 25.1 Å². The van der Waals surface area contributed by atoms with E-state index < -0.39 is 6.36 Å². The van der Waals surface area contributed by atoms with Gasteiger partial charge in [0.15, 0.2) is 0 Å². The maximum absolute atomic E-state index is 12.2. The van der Waals surface area contributed by atoms with E-state index in [0.29, 0.717) is 5.56 Å². The van der Waals surface area contributed by atoms with Crippen LogP contribution in [0.4, 0.5) is 13.2 Å². The quantitative estimate of drug-likeness (QED) is 0.867. The Morgan fingerprint density at radius 2 is 1.82 bits per heavy atom. The Morgan fingerprint density at radius 1 is 1.23 bits per heavy atom. The SMILES string of the molecule is C[C@@H](c1cc(OC(F)(F)F)ccc1O)N1CCNCC1.Cl.Cl. The molecule has 1 heterocycles.